The maximum absolute atomic E-state index is 13.8. The molecule has 0 N–H and O–H groups in total. The first-order valence-electron chi connectivity index (χ1n) is 12.7. The van der Waals surface area contributed by atoms with E-state index in [2.05, 4.69) is 4.99 Å². The number of hydrogen-bond donors (Lipinski definition) is 0. The van der Waals surface area contributed by atoms with Gasteiger partial charge < -0.3 is 14.0 Å². The normalized spacial score (nSPS) is 15.3. The van der Waals surface area contributed by atoms with Gasteiger partial charge in [-0.25, -0.2) is 9.79 Å². The highest BCUT2D eigenvalue weighted by atomic mass is 35.5. The van der Waals surface area contributed by atoms with Crippen LogP contribution < -0.4 is 19.6 Å². The van der Waals surface area contributed by atoms with Gasteiger partial charge in [0.05, 0.1) is 34.6 Å². The second-order valence-corrected chi connectivity index (χ2v) is 10.8. The Morgan fingerprint density at radius 2 is 1.85 bits per heavy atom. The summed E-state index contributed by atoms with van der Waals surface area (Å²) in [7, 11) is 0. The van der Waals surface area contributed by atoms with Crippen molar-refractivity contribution >= 4 is 35.0 Å². The first kappa shape index (κ1) is 26.7. The Morgan fingerprint density at radius 3 is 2.51 bits per heavy atom. The second kappa shape index (κ2) is 11.1. The second-order valence-electron chi connectivity index (χ2n) is 9.37. The van der Waals surface area contributed by atoms with Gasteiger partial charge in [-0.1, -0.05) is 35.1 Å². The largest absolute Gasteiger partial charge is 0.491 e. The van der Waals surface area contributed by atoms with Gasteiger partial charge in [0.1, 0.15) is 5.75 Å². The fraction of sp³-hybridized carbons (Fsp3) is 0.233. The molecule has 0 radical (unpaired) electrons. The van der Waals surface area contributed by atoms with E-state index < -0.39 is 12.0 Å². The molecule has 200 valence electrons. The lowest BCUT2D eigenvalue weighted by Gasteiger charge is -2.25. The molecular formula is C30H28ClN3O4S. The summed E-state index contributed by atoms with van der Waals surface area (Å²) in [6.45, 7) is 7.67. The maximum Gasteiger partial charge on any atom is 0.338 e. The number of ether oxygens (including phenoxy) is 2. The molecule has 2 aromatic carbocycles. The number of halogens is 1. The molecule has 0 amide bonds. The zero-order valence-corrected chi connectivity index (χ0v) is 23.6. The van der Waals surface area contributed by atoms with Gasteiger partial charge in [-0.3, -0.25) is 9.36 Å². The van der Waals surface area contributed by atoms with Crippen molar-refractivity contribution < 1.29 is 14.3 Å². The third-order valence-corrected chi connectivity index (χ3v) is 7.46. The molecule has 0 bridgehead atoms. The van der Waals surface area contributed by atoms with E-state index in [-0.39, 0.29) is 18.3 Å². The Balaban J connectivity index is 1.60. The minimum atomic E-state index is -0.672. The average Bonchev–Trinajstić information content (AvgIpc) is 3.48. The highest BCUT2D eigenvalue weighted by molar-refractivity contribution is 7.07. The fourth-order valence-corrected chi connectivity index (χ4v) is 5.70. The number of nitrogens with zero attached hydrogens (tertiary/aromatic N) is 3. The molecule has 2 aromatic heterocycles. The lowest BCUT2D eigenvalue weighted by molar-refractivity contribution is -0.139. The summed E-state index contributed by atoms with van der Waals surface area (Å²) in [4.78, 5) is 32.1. The number of fused-ring (bicyclic) bond motifs is 1. The molecule has 4 aromatic rings. The van der Waals surface area contributed by atoms with Crippen molar-refractivity contribution in [1.29, 1.82) is 0 Å². The summed E-state index contributed by atoms with van der Waals surface area (Å²) in [5, 5.41) is 0.668. The maximum atomic E-state index is 13.8. The SMILES string of the molecule is CCOC(=O)C1=C(C)N=c2s/c(=C\c3ccn(-c4ccc(Cl)cc4)c3)c(=O)n2[C@@H]1c1ccc(OC(C)C)cc1. The van der Waals surface area contributed by atoms with Crippen molar-refractivity contribution in [1.82, 2.24) is 9.13 Å². The highest BCUT2D eigenvalue weighted by Gasteiger charge is 2.33. The summed E-state index contributed by atoms with van der Waals surface area (Å²) in [6, 6.07) is 16.2. The van der Waals surface area contributed by atoms with Crippen molar-refractivity contribution in [2.24, 2.45) is 4.99 Å². The Labute approximate surface area is 234 Å². The van der Waals surface area contributed by atoms with E-state index >= 15 is 0 Å². The average molecular weight is 562 g/mol. The Kier molecular flexibility index (Phi) is 7.59. The van der Waals surface area contributed by atoms with E-state index in [0.29, 0.717) is 31.4 Å². The summed E-state index contributed by atoms with van der Waals surface area (Å²) in [5.41, 5.74) is 3.25. The monoisotopic (exact) mass is 561 g/mol. The van der Waals surface area contributed by atoms with E-state index in [1.807, 2.05) is 91.5 Å². The molecule has 7 nitrogen and oxygen atoms in total. The van der Waals surface area contributed by atoms with Crippen molar-refractivity contribution in [3.05, 3.63) is 114 Å². The van der Waals surface area contributed by atoms with Gasteiger partial charge in [-0.2, -0.15) is 0 Å². The van der Waals surface area contributed by atoms with Crippen LogP contribution in [0.25, 0.3) is 11.8 Å². The number of aromatic nitrogens is 2. The van der Waals surface area contributed by atoms with Crippen LogP contribution in [0.4, 0.5) is 0 Å². The minimum Gasteiger partial charge on any atom is -0.491 e. The summed E-state index contributed by atoms with van der Waals surface area (Å²) < 4.78 is 15.2. The van der Waals surface area contributed by atoms with Crippen molar-refractivity contribution in [3.8, 4) is 11.4 Å². The first-order valence-corrected chi connectivity index (χ1v) is 13.8. The van der Waals surface area contributed by atoms with Crippen molar-refractivity contribution in [2.45, 2.75) is 39.8 Å². The lowest BCUT2D eigenvalue weighted by atomic mass is 9.96. The number of hydrogen-bond acceptors (Lipinski definition) is 6. The van der Waals surface area contributed by atoms with Crippen LogP contribution in [0, 0.1) is 0 Å². The third-order valence-electron chi connectivity index (χ3n) is 6.22. The predicted octanol–water partition coefficient (Wildman–Crippen LogP) is 5.03. The predicted molar refractivity (Wildman–Crippen MR) is 153 cm³/mol. The zero-order valence-electron chi connectivity index (χ0n) is 22.1. The first-order chi connectivity index (χ1) is 18.7. The van der Waals surface area contributed by atoms with Gasteiger partial charge in [-0.15, -0.1) is 0 Å². The van der Waals surface area contributed by atoms with Gasteiger partial charge in [0.25, 0.3) is 5.56 Å². The van der Waals surface area contributed by atoms with E-state index in [0.717, 1.165) is 16.8 Å². The Hall–Kier alpha value is -3.88. The lowest BCUT2D eigenvalue weighted by Crippen LogP contribution is -2.39. The molecule has 0 aliphatic carbocycles. The standard InChI is InChI=1S/C30H28ClN3O4S/c1-5-37-29(36)26-19(4)32-30-34(27(26)21-6-12-24(13-7-21)38-18(2)3)28(35)25(39-30)16-20-14-15-33(17-20)23-10-8-22(31)9-11-23/h6-18,27H,5H2,1-4H3/b25-16-/t27-/m1/s1. The molecule has 0 fully saturated rings. The van der Waals surface area contributed by atoms with Gasteiger partial charge in [0, 0.05) is 23.1 Å². The molecule has 3 heterocycles. The van der Waals surface area contributed by atoms with Gasteiger partial charge >= 0.3 is 5.97 Å². The van der Waals surface area contributed by atoms with Crippen molar-refractivity contribution in [2.75, 3.05) is 6.61 Å². The number of esters is 1. The number of carbonyl (C=O) groups is 1. The third kappa shape index (κ3) is 5.48. The molecule has 1 atom stereocenters. The Bertz CT molecular complexity index is 1730. The molecule has 0 saturated heterocycles. The van der Waals surface area contributed by atoms with Crippen LogP contribution >= 0.6 is 22.9 Å². The quantitative estimate of drug-likeness (QED) is 0.297. The molecule has 0 spiro atoms. The molecule has 0 saturated carbocycles. The van der Waals surface area contributed by atoms with E-state index in [1.165, 1.54) is 11.3 Å². The Morgan fingerprint density at radius 1 is 1.13 bits per heavy atom. The van der Waals surface area contributed by atoms with Crippen LogP contribution in [0.2, 0.25) is 5.02 Å². The number of thiazole rings is 1. The molecule has 39 heavy (non-hydrogen) atoms. The molecular weight excluding hydrogens is 534 g/mol. The number of carbonyl (C=O) groups excluding carboxylic acids is 1. The van der Waals surface area contributed by atoms with Gasteiger partial charge in [-0.05, 0) is 87.4 Å². The number of allylic oxidation sites excluding steroid dienone is 1. The van der Waals surface area contributed by atoms with Crippen LogP contribution in [0.5, 0.6) is 5.75 Å². The minimum absolute atomic E-state index is 0.0281. The summed E-state index contributed by atoms with van der Waals surface area (Å²) in [6.07, 6.45) is 5.75. The van der Waals surface area contributed by atoms with E-state index in [4.69, 9.17) is 21.1 Å². The van der Waals surface area contributed by atoms with Crippen molar-refractivity contribution in [3.63, 3.8) is 0 Å². The zero-order chi connectivity index (χ0) is 27.7. The van der Waals surface area contributed by atoms with Crippen LogP contribution in [0.3, 0.4) is 0 Å². The molecule has 5 rings (SSSR count). The molecule has 1 aliphatic rings. The highest BCUT2D eigenvalue weighted by Crippen LogP contribution is 2.31. The van der Waals surface area contributed by atoms with E-state index in [1.54, 1.807) is 18.4 Å². The van der Waals surface area contributed by atoms with Crippen LogP contribution in [0.1, 0.15) is 44.9 Å². The van der Waals surface area contributed by atoms with Crippen LogP contribution in [-0.2, 0) is 9.53 Å². The topological polar surface area (TPSA) is 74.8 Å². The smallest absolute Gasteiger partial charge is 0.338 e. The fourth-order valence-electron chi connectivity index (χ4n) is 4.53. The van der Waals surface area contributed by atoms with Crippen LogP contribution in [-0.4, -0.2) is 27.8 Å². The summed E-state index contributed by atoms with van der Waals surface area (Å²) in [5.74, 6) is 0.227. The number of rotatable bonds is 7. The molecule has 0 unspecified atom stereocenters. The molecule has 9 heteroatoms. The van der Waals surface area contributed by atoms with Gasteiger partial charge in [0.15, 0.2) is 4.80 Å². The van der Waals surface area contributed by atoms with E-state index in [9.17, 15) is 9.59 Å². The van der Waals surface area contributed by atoms with Gasteiger partial charge in [0.2, 0.25) is 0 Å². The summed E-state index contributed by atoms with van der Waals surface area (Å²) >= 11 is 7.32. The molecule has 1 aliphatic heterocycles. The van der Waals surface area contributed by atoms with Crippen LogP contribution in [0.15, 0.2) is 88.0 Å². The number of benzene rings is 2.